The Kier molecular flexibility index (Phi) is 8.93. The zero-order chi connectivity index (χ0) is 29.2. The van der Waals surface area contributed by atoms with Crippen LogP contribution in [0.25, 0.3) is 0 Å². The number of hydrogen-bond acceptors (Lipinski definition) is 6. The molecular weight excluding hydrogens is 587 g/mol. The second kappa shape index (κ2) is 12.0. The van der Waals surface area contributed by atoms with Crippen LogP contribution in [0, 0.1) is 23.2 Å². The largest absolute Gasteiger partial charge is 0.490 e. The lowest BCUT2D eigenvalue weighted by Gasteiger charge is -2.35. The first-order valence-electron chi connectivity index (χ1n) is 13.2. The van der Waals surface area contributed by atoms with Crippen LogP contribution in [-0.2, 0) is 17.6 Å². The van der Waals surface area contributed by atoms with Crippen molar-refractivity contribution in [2.24, 2.45) is 16.8 Å². The second-order valence-electron chi connectivity index (χ2n) is 10.1. The van der Waals surface area contributed by atoms with Gasteiger partial charge >= 0.3 is 6.18 Å². The average Bonchev–Trinajstić information content (AvgIpc) is 2.87. The number of benzene rings is 2. The summed E-state index contributed by atoms with van der Waals surface area (Å²) in [6, 6.07) is 9.05. The number of hydrogen-bond donors (Lipinski definition) is 1. The smallest absolute Gasteiger partial charge is 0.416 e. The van der Waals surface area contributed by atoms with Crippen molar-refractivity contribution < 1.29 is 27.4 Å². The lowest BCUT2D eigenvalue weighted by atomic mass is 9.70. The Morgan fingerprint density at radius 2 is 1.93 bits per heavy atom. The maximum atomic E-state index is 13.4. The van der Waals surface area contributed by atoms with Crippen molar-refractivity contribution in [3.8, 4) is 17.6 Å². The summed E-state index contributed by atoms with van der Waals surface area (Å²) in [6.45, 7) is 5.95. The van der Waals surface area contributed by atoms with Crippen molar-refractivity contribution in [2.75, 3.05) is 12.3 Å². The molecule has 0 radical (unpaired) electrons. The molecule has 0 bridgehead atoms. The second-order valence-corrected chi connectivity index (χ2v) is 11.0. The number of nitrogens with two attached hydrogens (primary N) is 1. The molecule has 40 heavy (non-hydrogen) atoms. The number of ketones is 1. The van der Waals surface area contributed by atoms with Crippen LogP contribution in [0.15, 0.2) is 51.1 Å². The predicted octanol–water partition coefficient (Wildman–Crippen LogP) is 7.76. The Morgan fingerprint density at radius 3 is 2.55 bits per heavy atom. The summed E-state index contributed by atoms with van der Waals surface area (Å²) >= 11 is 3.56. The van der Waals surface area contributed by atoms with Crippen LogP contribution in [0.2, 0.25) is 0 Å². The van der Waals surface area contributed by atoms with E-state index in [2.05, 4.69) is 28.9 Å². The van der Waals surface area contributed by atoms with E-state index in [4.69, 9.17) is 20.2 Å². The lowest BCUT2D eigenvalue weighted by molar-refractivity contribution is -0.137. The Labute approximate surface area is 240 Å². The lowest BCUT2D eigenvalue weighted by Crippen LogP contribution is -2.32. The third kappa shape index (κ3) is 6.04. The van der Waals surface area contributed by atoms with Gasteiger partial charge in [-0.1, -0.05) is 19.4 Å². The van der Waals surface area contributed by atoms with Crippen molar-refractivity contribution in [1.82, 2.24) is 0 Å². The molecule has 2 aromatic carbocycles. The maximum absolute atomic E-state index is 13.4. The fourth-order valence-electron chi connectivity index (χ4n) is 5.50. The van der Waals surface area contributed by atoms with Crippen LogP contribution < -0.4 is 15.2 Å². The van der Waals surface area contributed by atoms with Crippen molar-refractivity contribution >= 4 is 33.1 Å². The molecule has 0 saturated heterocycles. The molecule has 2 N–H and O–H groups in total. The molecule has 0 fully saturated rings. The minimum atomic E-state index is -4.50. The van der Waals surface area contributed by atoms with Gasteiger partial charge in [-0.05, 0) is 78.4 Å². The molecule has 1 aliphatic carbocycles. The van der Waals surface area contributed by atoms with Crippen LogP contribution in [0.4, 0.5) is 18.9 Å². The molecule has 1 heterocycles. The molecule has 3 unspecified atom stereocenters. The zero-order valence-corrected chi connectivity index (χ0v) is 24.2. The quantitative estimate of drug-likeness (QED) is 0.305. The van der Waals surface area contributed by atoms with E-state index >= 15 is 0 Å². The first kappa shape index (κ1) is 29.7. The number of ether oxygens (including phenoxy) is 2. The van der Waals surface area contributed by atoms with Crippen LogP contribution in [0.5, 0.6) is 11.5 Å². The van der Waals surface area contributed by atoms with Gasteiger partial charge in [-0.25, -0.2) is 0 Å². The number of carbonyl (C=O) groups is 1. The van der Waals surface area contributed by atoms with Crippen LogP contribution in [0.3, 0.4) is 0 Å². The highest BCUT2D eigenvalue weighted by molar-refractivity contribution is 9.10. The Hall–Kier alpha value is -3.32. The third-order valence-electron chi connectivity index (χ3n) is 7.35. The standard InChI is InChI=1S/C30H31BrF3N3O3/c1-4-6-17-9-24-28(25(38)10-17)27(21(14-35)16(3)37-24)19-11-22(31)29(26(12-19)39-5-2)40-15-18-7-8-20(13-23(18)36)30(32,33)34/h7-8,11-13,17,21,27H,4-6,9-10,15,36H2,1-3H3. The van der Waals surface area contributed by atoms with Crippen molar-refractivity contribution in [1.29, 1.82) is 5.26 Å². The van der Waals surface area contributed by atoms with Gasteiger partial charge in [0.25, 0.3) is 0 Å². The van der Waals surface area contributed by atoms with E-state index in [1.807, 2.05) is 13.8 Å². The van der Waals surface area contributed by atoms with Gasteiger partial charge in [-0.2, -0.15) is 18.4 Å². The number of allylic oxidation sites excluding steroid dienone is 2. The molecule has 212 valence electrons. The summed E-state index contributed by atoms with van der Waals surface area (Å²) in [7, 11) is 0. The van der Waals surface area contributed by atoms with Gasteiger partial charge in [0.05, 0.1) is 28.6 Å². The summed E-state index contributed by atoms with van der Waals surface area (Å²) in [6.07, 6.45) is -1.43. The summed E-state index contributed by atoms with van der Waals surface area (Å²) < 4.78 is 51.5. The van der Waals surface area contributed by atoms with Crippen LogP contribution in [0.1, 0.15) is 69.1 Å². The average molecular weight is 618 g/mol. The monoisotopic (exact) mass is 617 g/mol. The summed E-state index contributed by atoms with van der Waals surface area (Å²) in [5.74, 6) is -0.150. The molecule has 6 nitrogen and oxygen atoms in total. The van der Waals surface area contributed by atoms with Crippen molar-refractivity contribution in [3.63, 3.8) is 0 Å². The SMILES string of the molecule is CCCC1CC(=O)C2=C(C1)N=C(C)C(C#N)C2c1cc(Br)c(OCc2ccc(C(F)(F)F)cc2N)c(OCC)c1. The molecule has 2 aromatic rings. The predicted molar refractivity (Wildman–Crippen MR) is 150 cm³/mol. The van der Waals surface area contributed by atoms with Gasteiger partial charge in [-0.15, -0.1) is 0 Å². The van der Waals surface area contributed by atoms with E-state index in [9.17, 15) is 23.2 Å². The number of rotatable bonds is 8. The minimum Gasteiger partial charge on any atom is -0.490 e. The number of nitriles is 1. The third-order valence-corrected chi connectivity index (χ3v) is 7.93. The van der Waals surface area contributed by atoms with E-state index in [-0.39, 0.29) is 24.0 Å². The number of nitrogens with zero attached hydrogens (tertiary/aromatic N) is 2. The molecule has 0 saturated carbocycles. The Morgan fingerprint density at radius 1 is 1.18 bits per heavy atom. The van der Waals surface area contributed by atoms with E-state index < -0.39 is 23.6 Å². The minimum absolute atomic E-state index is 0.0217. The number of aliphatic imine (C=N–C) groups is 1. The van der Waals surface area contributed by atoms with Crippen LogP contribution in [-0.4, -0.2) is 18.1 Å². The van der Waals surface area contributed by atoms with Crippen molar-refractivity contribution in [3.05, 3.63) is 62.8 Å². The van der Waals surface area contributed by atoms with E-state index in [0.29, 0.717) is 57.8 Å². The summed E-state index contributed by atoms with van der Waals surface area (Å²) in [5.41, 5.74) is 8.14. The first-order valence-corrected chi connectivity index (χ1v) is 14.0. The molecule has 2 aliphatic rings. The number of nitrogen functional groups attached to an aromatic ring is 1. The fourth-order valence-corrected chi connectivity index (χ4v) is 6.07. The highest BCUT2D eigenvalue weighted by Crippen LogP contribution is 2.48. The van der Waals surface area contributed by atoms with Gasteiger partial charge in [0.1, 0.15) is 6.61 Å². The zero-order valence-electron chi connectivity index (χ0n) is 22.6. The summed E-state index contributed by atoms with van der Waals surface area (Å²) in [5, 5.41) is 10.1. The van der Waals surface area contributed by atoms with E-state index in [0.717, 1.165) is 30.7 Å². The molecule has 0 aromatic heterocycles. The molecule has 0 amide bonds. The van der Waals surface area contributed by atoms with Gasteiger partial charge in [0, 0.05) is 40.6 Å². The maximum Gasteiger partial charge on any atom is 0.416 e. The van der Waals surface area contributed by atoms with Crippen molar-refractivity contribution in [2.45, 2.75) is 65.2 Å². The van der Waals surface area contributed by atoms with Gasteiger partial charge in [0.2, 0.25) is 0 Å². The molecule has 1 aliphatic heterocycles. The first-order chi connectivity index (χ1) is 19.0. The Bertz CT molecular complexity index is 1410. The van der Waals surface area contributed by atoms with E-state index in [1.54, 1.807) is 12.1 Å². The van der Waals surface area contributed by atoms with Crippen LogP contribution >= 0.6 is 15.9 Å². The molecule has 4 rings (SSSR count). The molecular formula is C30H31BrF3N3O3. The normalized spacial score (nSPS) is 21.0. The Balaban J connectivity index is 1.70. The number of Topliss-reactive ketones (excluding diaryl/α,β-unsaturated/α-hetero) is 1. The number of anilines is 1. The highest BCUT2D eigenvalue weighted by Gasteiger charge is 2.41. The van der Waals surface area contributed by atoms with Gasteiger partial charge in [-0.3, -0.25) is 9.79 Å². The molecule has 3 atom stereocenters. The number of carbonyl (C=O) groups excluding carboxylic acids is 1. The topological polar surface area (TPSA) is 97.7 Å². The highest BCUT2D eigenvalue weighted by atomic mass is 79.9. The number of halogens is 4. The molecule has 0 spiro atoms. The summed E-state index contributed by atoms with van der Waals surface area (Å²) in [4.78, 5) is 18.1. The molecule has 10 heteroatoms. The number of alkyl halides is 3. The van der Waals surface area contributed by atoms with Gasteiger partial charge < -0.3 is 15.2 Å². The van der Waals surface area contributed by atoms with E-state index in [1.165, 1.54) is 6.07 Å². The fraction of sp³-hybridized carbons (Fsp3) is 0.433. The van der Waals surface area contributed by atoms with Gasteiger partial charge in [0.15, 0.2) is 17.3 Å².